The van der Waals surface area contributed by atoms with Crippen LogP contribution in [-0.2, 0) is 5.54 Å². The van der Waals surface area contributed by atoms with E-state index in [9.17, 15) is 0 Å². The highest BCUT2D eigenvalue weighted by Gasteiger charge is 2.39. The van der Waals surface area contributed by atoms with Gasteiger partial charge in [-0.2, -0.15) is 0 Å². The van der Waals surface area contributed by atoms with E-state index in [2.05, 4.69) is 54.4 Å². The van der Waals surface area contributed by atoms with Crippen molar-refractivity contribution in [3.63, 3.8) is 0 Å². The second-order valence-corrected chi connectivity index (χ2v) is 6.19. The summed E-state index contributed by atoms with van der Waals surface area (Å²) in [6.45, 7) is 6.94. The number of benzene rings is 1. The summed E-state index contributed by atoms with van der Waals surface area (Å²) < 4.78 is 0. The van der Waals surface area contributed by atoms with E-state index < -0.39 is 0 Å². The first kappa shape index (κ1) is 12.2. The smallest absolute Gasteiger partial charge is 0.0535 e. The predicted octanol–water partition coefficient (Wildman–Crippen LogP) is 2.75. The maximum Gasteiger partial charge on any atom is 0.0535 e. The highest BCUT2D eigenvalue weighted by Crippen LogP contribution is 2.33. The van der Waals surface area contributed by atoms with Crippen LogP contribution >= 0.6 is 0 Å². The zero-order valence-corrected chi connectivity index (χ0v) is 11.5. The van der Waals surface area contributed by atoms with Gasteiger partial charge in [-0.25, -0.2) is 0 Å². The second-order valence-electron chi connectivity index (χ2n) is 6.19. The Balaban J connectivity index is 1.81. The van der Waals surface area contributed by atoms with Gasteiger partial charge in [0.15, 0.2) is 0 Å². The Morgan fingerprint density at radius 2 is 1.94 bits per heavy atom. The van der Waals surface area contributed by atoms with E-state index in [1.165, 1.54) is 24.8 Å². The molecule has 1 aromatic rings. The van der Waals surface area contributed by atoms with E-state index in [-0.39, 0.29) is 5.54 Å². The van der Waals surface area contributed by atoms with Gasteiger partial charge in [-0.15, -0.1) is 0 Å². The summed E-state index contributed by atoms with van der Waals surface area (Å²) in [5.74, 6) is 0. The van der Waals surface area contributed by atoms with Gasteiger partial charge in [0, 0.05) is 25.2 Å². The lowest BCUT2D eigenvalue weighted by Crippen LogP contribution is -2.63. The molecule has 18 heavy (non-hydrogen) atoms. The first-order chi connectivity index (χ1) is 8.69. The van der Waals surface area contributed by atoms with Crippen molar-refractivity contribution < 1.29 is 0 Å². The van der Waals surface area contributed by atoms with Crippen molar-refractivity contribution in [2.24, 2.45) is 0 Å². The molecule has 1 saturated carbocycles. The number of piperazine rings is 1. The predicted molar refractivity (Wildman–Crippen MR) is 75.6 cm³/mol. The van der Waals surface area contributed by atoms with Gasteiger partial charge in [0.2, 0.25) is 0 Å². The average Bonchev–Trinajstić information content (AvgIpc) is 2.33. The molecule has 1 heterocycles. The first-order valence-electron chi connectivity index (χ1n) is 7.25. The van der Waals surface area contributed by atoms with Crippen molar-refractivity contribution in [2.75, 3.05) is 13.1 Å². The van der Waals surface area contributed by atoms with E-state index in [4.69, 9.17) is 0 Å². The van der Waals surface area contributed by atoms with E-state index >= 15 is 0 Å². The normalized spacial score (nSPS) is 34.2. The molecule has 2 atom stereocenters. The molecule has 0 amide bonds. The van der Waals surface area contributed by atoms with Crippen molar-refractivity contribution in [1.29, 1.82) is 0 Å². The number of rotatable bonds is 2. The van der Waals surface area contributed by atoms with Crippen LogP contribution in [0.3, 0.4) is 0 Å². The number of hydrogen-bond donors (Lipinski definition) is 1. The SMILES string of the molecule is CC1CNC(C)(c2ccccc2)CN1C1CCC1. The topological polar surface area (TPSA) is 15.3 Å². The molecule has 2 heteroatoms. The standard InChI is InChI=1S/C16H24N2/c1-13-11-17-16(2,14-7-4-3-5-8-14)12-18(13)15-9-6-10-15/h3-5,7-8,13,15,17H,6,9-12H2,1-2H3. The molecular weight excluding hydrogens is 220 g/mol. The van der Waals surface area contributed by atoms with Crippen LogP contribution in [0.5, 0.6) is 0 Å². The Morgan fingerprint density at radius 3 is 2.56 bits per heavy atom. The molecule has 3 rings (SSSR count). The van der Waals surface area contributed by atoms with Crippen LogP contribution in [0.15, 0.2) is 30.3 Å². The Labute approximate surface area is 110 Å². The van der Waals surface area contributed by atoms with Crippen molar-refractivity contribution in [3.05, 3.63) is 35.9 Å². The summed E-state index contributed by atoms with van der Waals surface area (Å²) in [5.41, 5.74) is 1.53. The summed E-state index contributed by atoms with van der Waals surface area (Å²) in [4.78, 5) is 2.73. The zero-order valence-electron chi connectivity index (χ0n) is 11.5. The van der Waals surface area contributed by atoms with Gasteiger partial charge in [-0.1, -0.05) is 36.8 Å². The molecule has 2 aliphatic rings. The van der Waals surface area contributed by atoms with Crippen molar-refractivity contribution >= 4 is 0 Å². The minimum Gasteiger partial charge on any atom is -0.305 e. The van der Waals surface area contributed by atoms with Gasteiger partial charge in [0.05, 0.1) is 5.54 Å². The third kappa shape index (κ3) is 2.08. The summed E-state index contributed by atoms with van der Waals surface area (Å²) in [7, 11) is 0. The minimum atomic E-state index is 0.114. The second kappa shape index (κ2) is 4.67. The molecule has 2 unspecified atom stereocenters. The Hall–Kier alpha value is -0.860. The van der Waals surface area contributed by atoms with Crippen molar-refractivity contribution in [2.45, 2.75) is 50.7 Å². The monoisotopic (exact) mass is 244 g/mol. The van der Waals surface area contributed by atoms with Crippen LogP contribution in [0.4, 0.5) is 0 Å². The van der Waals surface area contributed by atoms with Crippen molar-refractivity contribution in [1.82, 2.24) is 10.2 Å². The lowest BCUT2D eigenvalue weighted by molar-refractivity contribution is 0.0219. The molecule has 1 aromatic carbocycles. The van der Waals surface area contributed by atoms with E-state index in [0.717, 1.165) is 19.1 Å². The van der Waals surface area contributed by atoms with Gasteiger partial charge in [0.1, 0.15) is 0 Å². The molecule has 0 spiro atoms. The lowest BCUT2D eigenvalue weighted by atomic mass is 9.84. The maximum absolute atomic E-state index is 3.75. The number of nitrogens with one attached hydrogen (secondary N) is 1. The van der Waals surface area contributed by atoms with Crippen LogP contribution in [-0.4, -0.2) is 30.1 Å². The fourth-order valence-corrected chi connectivity index (χ4v) is 3.27. The van der Waals surface area contributed by atoms with Gasteiger partial charge < -0.3 is 5.32 Å². The van der Waals surface area contributed by atoms with Gasteiger partial charge >= 0.3 is 0 Å². The van der Waals surface area contributed by atoms with Gasteiger partial charge in [-0.3, -0.25) is 4.90 Å². The van der Waals surface area contributed by atoms with Crippen LogP contribution < -0.4 is 5.32 Å². The molecule has 0 aromatic heterocycles. The van der Waals surface area contributed by atoms with E-state index in [0.29, 0.717) is 6.04 Å². The number of hydrogen-bond acceptors (Lipinski definition) is 2. The molecule has 1 saturated heterocycles. The molecule has 1 N–H and O–H groups in total. The summed E-state index contributed by atoms with van der Waals surface area (Å²) >= 11 is 0. The molecule has 1 aliphatic heterocycles. The van der Waals surface area contributed by atoms with Crippen LogP contribution in [0.2, 0.25) is 0 Å². The lowest BCUT2D eigenvalue weighted by Gasteiger charge is -2.51. The summed E-state index contributed by atoms with van der Waals surface area (Å²) in [5, 5.41) is 3.75. The minimum absolute atomic E-state index is 0.114. The Morgan fingerprint density at radius 1 is 1.22 bits per heavy atom. The highest BCUT2D eigenvalue weighted by atomic mass is 15.3. The highest BCUT2D eigenvalue weighted by molar-refractivity contribution is 5.25. The zero-order chi connectivity index (χ0) is 12.6. The molecule has 2 nitrogen and oxygen atoms in total. The first-order valence-corrected chi connectivity index (χ1v) is 7.25. The van der Waals surface area contributed by atoms with Gasteiger partial charge in [-0.05, 0) is 32.3 Å². The molecule has 1 aliphatic carbocycles. The molecule has 0 bridgehead atoms. The molecule has 2 fully saturated rings. The third-order valence-electron chi connectivity index (χ3n) is 4.81. The molecule has 98 valence electrons. The van der Waals surface area contributed by atoms with Gasteiger partial charge in [0.25, 0.3) is 0 Å². The van der Waals surface area contributed by atoms with E-state index in [1.807, 2.05) is 0 Å². The van der Waals surface area contributed by atoms with Crippen molar-refractivity contribution in [3.8, 4) is 0 Å². The third-order valence-corrected chi connectivity index (χ3v) is 4.81. The fraction of sp³-hybridized carbons (Fsp3) is 0.625. The largest absolute Gasteiger partial charge is 0.305 e. The molecular formula is C16H24N2. The quantitative estimate of drug-likeness (QED) is 0.860. The summed E-state index contributed by atoms with van der Waals surface area (Å²) in [6.07, 6.45) is 4.22. The van der Waals surface area contributed by atoms with E-state index in [1.54, 1.807) is 0 Å². The van der Waals surface area contributed by atoms with Crippen LogP contribution in [0.25, 0.3) is 0 Å². The molecule has 0 radical (unpaired) electrons. The van der Waals surface area contributed by atoms with Crippen LogP contribution in [0.1, 0.15) is 38.7 Å². The fourth-order valence-electron chi connectivity index (χ4n) is 3.27. The summed E-state index contributed by atoms with van der Waals surface area (Å²) in [6, 6.07) is 12.4. The average molecular weight is 244 g/mol. The Bertz CT molecular complexity index is 397. The number of nitrogens with zero attached hydrogens (tertiary/aromatic N) is 1. The Kier molecular flexibility index (Phi) is 3.16. The van der Waals surface area contributed by atoms with Crippen LogP contribution in [0, 0.1) is 0 Å². The maximum atomic E-state index is 3.75.